The molecule has 1 unspecified atom stereocenters. The van der Waals surface area contributed by atoms with Gasteiger partial charge in [-0.3, -0.25) is 0 Å². The van der Waals surface area contributed by atoms with Crippen molar-refractivity contribution in [2.24, 2.45) is 10.8 Å². The summed E-state index contributed by atoms with van der Waals surface area (Å²) in [5.41, 5.74) is 0.847. The largest absolute Gasteiger partial charge is 0.356 e. The molecule has 3 aliphatic rings. The van der Waals surface area contributed by atoms with Gasteiger partial charge in [0.1, 0.15) is 17.8 Å². The molecule has 3 heterocycles. The van der Waals surface area contributed by atoms with Crippen LogP contribution in [0, 0.1) is 10.8 Å². The summed E-state index contributed by atoms with van der Waals surface area (Å²) in [5.74, 6) is 0.945. The average Bonchev–Trinajstić information content (AvgIpc) is 3.23. The van der Waals surface area contributed by atoms with Crippen LogP contribution in [-0.4, -0.2) is 59.1 Å². The molecule has 7 nitrogen and oxygen atoms in total. The Morgan fingerprint density at radius 3 is 2.48 bits per heavy atom. The molecule has 0 bridgehead atoms. The van der Waals surface area contributed by atoms with Gasteiger partial charge in [0.2, 0.25) is 10.0 Å². The molecule has 0 radical (unpaired) electrons. The lowest BCUT2D eigenvalue weighted by atomic mass is 9.71. The highest BCUT2D eigenvalue weighted by Gasteiger charge is 2.61. The summed E-state index contributed by atoms with van der Waals surface area (Å²) in [7, 11) is -0.997. The number of aromatic nitrogens is 3. The van der Waals surface area contributed by atoms with Gasteiger partial charge in [0, 0.05) is 32.4 Å². The lowest BCUT2D eigenvalue weighted by molar-refractivity contribution is 0.184. The number of fused-ring (bicyclic) bond motifs is 2. The number of aromatic amines is 1. The van der Waals surface area contributed by atoms with Gasteiger partial charge in [-0.2, -0.15) is 0 Å². The van der Waals surface area contributed by atoms with E-state index in [4.69, 9.17) is 0 Å². The van der Waals surface area contributed by atoms with E-state index < -0.39 is 10.0 Å². The molecule has 8 heteroatoms. The van der Waals surface area contributed by atoms with Gasteiger partial charge in [0.15, 0.2) is 0 Å². The fraction of sp³-hybridized carbons (Fsp3) is 0.684. The standard InChI is InChI=1S/C19H27N5O2S/c1-18-8-13(23(3)17-15-6-7-20-16(15)21-12-22-17)9-19(18,2)11-24(10-18)27(25,26)14-4-5-14/h6-7,12-14H,4-5,8-11H2,1-3H3,(H,20,21,22)/t13?,18-,19+. The molecule has 3 fully saturated rings. The molecule has 2 aromatic rings. The molecule has 3 atom stereocenters. The first-order valence-corrected chi connectivity index (χ1v) is 11.2. The van der Waals surface area contributed by atoms with Crippen LogP contribution in [0.4, 0.5) is 5.82 Å². The van der Waals surface area contributed by atoms with Crippen molar-refractivity contribution in [2.45, 2.75) is 50.8 Å². The van der Waals surface area contributed by atoms with Crippen molar-refractivity contribution in [3.63, 3.8) is 0 Å². The summed E-state index contributed by atoms with van der Waals surface area (Å²) in [6, 6.07) is 2.36. The van der Waals surface area contributed by atoms with Gasteiger partial charge in [-0.1, -0.05) is 13.8 Å². The Morgan fingerprint density at radius 2 is 1.85 bits per heavy atom. The third-order valence-corrected chi connectivity index (χ3v) is 9.69. The predicted molar refractivity (Wildman–Crippen MR) is 105 cm³/mol. The van der Waals surface area contributed by atoms with Gasteiger partial charge >= 0.3 is 0 Å². The SMILES string of the molecule is CN(c1ncnc2[nH]ccc12)C1C[C@@]2(C)CN(S(=O)(=O)C3CC3)C[C@@]2(C)C1. The van der Waals surface area contributed by atoms with Gasteiger partial charge in [0.25, 0.3) is 0 Å². The Balaban J connectivity index is 1.41. The molecule has 0 spiro atoms. The fourth-order valence-electron chi connectivity index (χ4n) is 5.29. The molecule has 2 saturated carbocycles. The maximum absolute atomic E-state index is 12.8. The minimum Gasteiger partial charge on any atom is -0.356 e. The highest BCUT2D eigenvalue weighted by Crippen LogP contribution is 2.59. The van der Waals surface area contributed by atoms with E-state index >= 15 is 0 Å². The van der Waals surface area contributed by atoms with E-state index in [1.54, 1.807) is 10.6 Å². The summed E-state index contributed by atoms with van der Waals surface area (Å²) < 4.78 is 27.3. The smallest absolute Gasteiger partial charge is 0.217 e. The highest BCUT2D eigenvalue weighted by molar-refractivity contribution is 7.90. The maximum Gasteiger partial charge on any atom is 0.217 e. The van der Waals surface area contributed by atoms with E-state index in [0.717, 1.165) is 42.5 Å². The van der Waals surface area contributed by atoms with E-state index in [-0.39, 0.29) is 16.1 Å². The Labute approximate surface area is 160 Å². The predicted octanol–water partition coefficient (Wildman–Crippen LogP) is 2.38. The first kappa shape index (κ1) is 17.4. The van der Waals surface area contributed by atoms with Gasteiger partial charge in [0.05, 0.1) is 10.6 Å². The van der Waals surface area contributed by atoms with Crippen LogP contribution >= 0.6 is 0 Å². The zero-order valence-corrected chi connectivity index (χ0v) is 17.0. The van der Waals surface area contributed by atoms with Crippen molar-refractivity contribution in [1.29, 1.82) is 0 Å². The molecule has 2 aliphatic carbocycles. The molecule has 1 aliphatic heterocycles. The summed E-state index contributed by atoms with van der Waals surface area (Å²) in [4.78, 5) is 14.2. The lowest BCUT2D eigenvalue weighted by Gasteiger charge is -2.32. The number of nitrogens with zero attached hydrogens (tertiary/aromatic N) is 4. The Hall–Kier alpha value is -1.67. The number of anilines is 1. The zero-order valence-electron chi connectivity index (χ0n) is 16.1. The fourth-order valence-corrected chi connectivity index (χ4v) is 7.38. The number of rotatable bonds is 4. The van der Waals surface area contributed by atoms with Crippen molar-refractivity contribution in [3.05, 3.63) is 18.6 Å². The molecule has 0 amide bonds. The van der Waals surface area contributed by atoms with Crippen LogP contribution < -0.4 is 4.90 Å². The van der Waals surface area contributed by atoms with Gasteiger partial charge in [-0.05, 0) is 42.6 Å². The zero-order chi connectivity index (χ0) is 19.0. The third kappa shape index (κ3) is 2.45. The summed E-state index contributed by atoms with van der Waals surface area (Å²) in [6.45, 7) is 5.84. The molecule has 1 saturated heterocycles. The third-order valence-electron chi connectivity index (χ3n) is 7.40. The molecule has 5 rings (SSSR count). The van der Waals surface area contributed by atoms with Crippen LogP contribution in [0.3, 0.4) is 0 Å². The van der Waals surface area contributed by atoms with E-state index in [1.807, 2.05) is 12.3 Å². The Bertz CT molecular complexity index is 980. The van der Waals surface area contributed by atoms with E-state index in [9.17, 15) is 8.42 Å². The van der Waals surface area contributed by atoms with Crippen LogP contribution in [0.15, 0.2) is 18.6 Å². The van der Waals surface area contributed by atoms with Crippen molar-refractivity contribution in [3.8, 4) is 0 Å². The molecule has 2 aromatic heterocycles. The number of hydrogen-bond donors (Lipinski definition) is 1. The summed E-state index contributed by atoms with van der Waals surface area (Å²) >= 11 is 0. The lowest BCUT2D eigenvalue weighted by Crippen LogP contribution is -2.37. The quantitative estimate of drug-likeness (QED) is 0.868. The van der Waals surface area contributed by atoms with Crippen molar-refractivity contribution < 1.29 is 8.42 Å². The molecular formula is C19H27N5O2S. The van der Waals surface area contributed by atoms with Crippen LogP contribution in [-0.2, 0) is 10.0 Å². The summed E-state index contributed by atoms with van der Waals surface area (Å²) in [5, 5.41) is 0.912. The molecule has 146 valence electrons. The number of nitrogens with one attached hydrogen (secondary N) is 1. The minimum absolute atomic E-state index is 0.00181. The number of sulfonamides is 1. The topological polar surface area (TPSA) is 82.2 Å². The molecule has 0 aromatic carbocycles. The molecular weight excluding hydrogens is 362 g/mol. The Kier molecular flexibility index (Phi) is 3.51. The molecule has 27 heavy (non-hydrogen) atoms. The first-order chi connectivity index (χ1) is 12.7. The van der Waals surface area contributed by atoms with Crippen molar-refractivity contribution in [2.75, 3.05) is 25.0 Å². The van der Waals surface area contributed by atoms with Crippen LogP contribution in [0.2, 0.25) is 0 Å². The van der Waals surface area contributed by atoms with Crippen molar-refractivity contribution >= 4 is 26.9 Å². The molecule has 1 N–H and O–H groups in total. The minimum atomic E-state index is -3.10. The van der Waals surface area contributed by atoms with Crippen LogP contribution in [0.1, 0.15) is 39.5 Å². The normalized spacial score (nSPS) is 34.3. The van der Waals surface area contributed by atoms with Crippen LogP contribution in [0.5, 0.6) is 0 Å². The second-order valence-electron chi connectivity index (χ2n) is 9.24. The van der Waals surface area contributed by atoms with Gasteiger partial charge < -0.3 is 9.88 Å². The second-order valence-corrected chi connectivity index (χ2v) is 11.5. The van der Waals surface area contributed by atoms with E-state index in [0.29, 0.717) is 19.1 Å². The van der Waals surface area contributed by atoms with Gasteiger partial charge in [-0.15, -0.1) is 0 Å². The maximum atomic E-state index is 12.8. The average molecular weight is 390 g/mol. The summed E-state index contributed by atoms with van der Waals surface area (Å²) in [6.07, 6.45) is 7.12. The van der Waals surface area contributed by atoms with Crippen molar-refractivity contribution in [1.82, 2.24) is 19.3 Å². The second kappa shape index (κ2) is 5.44. The van der Waals surface area contributed by atoms with Crippen LogP contribution in [0.25, 0.3) is 11.0 Å². The monoisotopic (exact) mass is 389 g/mol. The first-order valence-electron chi connectivity index (χ1n) is 9.73. The number of H-pyrrole nitrogens is 1. The van der Waals surface area contributed by atoms with E-state index in [2.05, 4.69) is 40.7 Å². The highest BCUT2D eigenvalue weighted by atomic mass is 32.2. The number of hydrogen-bond acceptors (Lipinski definition) is 5. The van der Waals surface area contributed by atoms with Gasteiger partial charge in [-0.25, -0.2) is 22.7 Å². The Morgan fingerprint density at radius 1 is 1.19 bits per heavy atom. The van der Waals surface area contributed by atoms with E-state index in [1.165, 1.54) is 0 Å².